The van der Waals surface area contributed by atoms with Crippen molar-refractivity contribution in [1.82, 2.24) is 15.7 Å². The van der Waals surface area contributed by atoms with Crippen molar-refractivity contribution in [2.45, 2.75) is 44.1 Å². The number of amides is 2. The van der Waals surface area contributed by atoms with Crippen molar-refractivity contribution in [3.63, 3.8) is 0 Å². The van der Waals surface area contributed by atoms with E-state index in [0.717, 1.165) is 53.5 Å². The highest BCUT2D eigenvalue weighted by molar-refractivity contribution is 5.99. The van der Waals surface area contributed by atoms with Gasteiger partial charge in [-0.25, -0.2) is 10.2 Å². The standard InChI is InChI=1S/C20H24N4O/c25-19(23-20-8-13-5-14(9-20)7-15(6-13)10-20)24-22-12-16-11-21-18-4-2-1-3-17(16)18/h1-4,11-15,21H,5-10H2,(H2,23,24,25)/b22-12-. The molecular weight excluding hydrogens is 312 g/mol. The lowest BCUT2D eigenvalue weighted by Gasteiger charge is -2.56. The maximum absolute atomic E-state index is 12.4. The van der Waals surface area contributed by atoms with E-state index in [1.165, 1.54) is 19.3 Å². The van der Waals surface area contributed by atoms with E-state index in [1.54, 1.807) is 6.21 Å². The molecule has 5 heteroatoms. The lowest BCUT2D eigenvalue weighted by Crippen LogP contribution is -2.61. The van der Waals surface area contributed by atoms with Crippen LogP contribution in [0.5, 0.6) is 0 Å². The SMILES string of the molecule is O=C(N/N=C\c1c[nH]c2ccccc12)NC12CC3CC(CC(C3)C1)C2. The van der Waals surface area contributed by atoms with Crippen LogP contribution in [-0.2, 0) is 0 Å². The van der Waals surface area contributed by atoms with E-state index in [1.807, 2.05) is 30.5 Å². The molecule has 6 rings (SSSR count). The number of rotatable bonds is 3. The second-order valence-electron chi connectivity index (χ2n) is 8.31. The van der Waals surface area contributed by atoms with Crippen LogP contribution in [0.25, 0.3) is 10.9 Å². The molecule has 0 radical (unpaired) electrons. The molecule has 0 unspecified atom stereocenters. The summed E-state index contributed by atoms with van der Waals surface area (Å²) in [6, 6.07) is 7.90. The number of H-pyrrole nitrogens is 1. The van der Waals surface area contributed by atoms with Gasteiger partial charge < -0.3 is 10.3 Å². The van der Waals surface area contributed by atoms with E-state index in [0.29, 0.717) is 0 Å². The average Bonchev–Trinajstić information content (AvgIpc) is 2.96. The first-order valence-electron chi connectivity index (χ1n) is 9.36. The monoisotopic (exact) mass is 336 g/mol. The van der Waals surface area contributed by atoms with Crippen LogP contribution in [0.4, 0.5) is 4.79 Å². The maximum atomic E-state index is 12.4. The van der Waals surface area contributed by atoms with Crippen LogP contribution in [0.1, 0.15) is 44.1 Å². The predicted octanol–water partition coefficient (Wildman–Crippen LogP) is 3.77. The first-order chi connectivity index (χ1) is 12.2. The third-order valence-corrected chi connectivity index (χ3v) is 6.41. The number of fused-ring (bicyclic) bond motifs is 1. The Hall–Kier alpha value is -2.30. The Labute approximate surface area is 147 Å². The Morgan fingerprint density at radius 1 is 1.12 bits per heavy atom. The van der Waals surface area contributed by atoms with Gasteiger partial charge >= 0.3 is 6.03 Å². The van der Waals surface area contributed by atoms with Crippen LogP contribution >= 0.6 is 0 Å². The average molecular weight is 336 g/mol. The summed E-state index contributed by atoms with van der Waals surface area (Å²) in [6.07, 6.45) is 11.2. The molecule has 0 saturated heterocycles. The molecule has 1 aromatic heterocycles. The van der Waals surface area contributed by atoms with Gasteiger partial charge in [0.05, 0.1) is 6.21 Å². The fourth-order valence-electron chi connectivity index (χ4n) is 5.89. The molecule has 4 bridgehead atoms. The number of para-hydroxylation sites is 1. The quantitative estimate of drug-likeness (QED) is 0.579. The van der Waals surface area contributed by atoms with Crippen LogP contribution in [0.15, 0.2) is 35.6 Å². The van der Waals surface area contributed by atoms with Gasteiger partial charge in [0.15, 0.2) is 0 Å². The summed E-state index contributed by atoms with van der Waals surface area (Å²) in [7, 11) is 0. The summed E-state index contributed by atoms with van der Waals surface area (Å²) in [5.74, 6) is 2.46. The summed E-state index contributed by atoms with van der Waals surface area (Å²) >= 11 is 0. The molecule has 2 amide bonds. The summed E-state index contributed by atoms with van der Waals surface area (Å²) in [6.45, 7) is 0. The number of carbonyl (C=O) groups excluding carboxylic acids is 1. The Kier molecular flexibility index (Phi) is 3.37. The number of benzene rings is 1. The minimum Gasteiger partial charge on any atom is -0.361 e. The molecule has 4 fully saturated rings. The van der Waals surface area contributed by atoms with Crippen LogP contribution < -0.4 is 10.7 Å². The number of aromatic nitrogens is 1. The number of hydrogen-bond donors (Lipinski definition) is 3. The Morgan fingerprint density at radius 3 is 2.52 bits per heavy atom. The van der Waals surface area contributed by atoms with E-state index in [9.17, 15) is 4.79 Å². The first-order valence-corrected chi connectivity index (χ1v) is 9.36. The van der Waals surface area contributed by atoms with Gasteiger partial charge in [0.25, 0.3) is 0 Å². The molecule has 5 nitrogen and oxygen atoms in total. The van der Waals surface area contributed by atoms with Gasteiger partial charge in [-0.2, -0.15) is 5.10 Å². The molecule has 4 aliphatic rings. The predicted molar refractivity (Wildman–Crippen MR) is 98.5 cm³/mol. The minimum atomic E-state index is -0.168. The van der Waals surface area contributed by atoms with E-state index in [2.05, 4.69) is 20.8 Å². The van der Waals surface area contributed by atoms with Crippen molar-refractivity contribution >= 4 is 23.1 Å². The van der Waals surface area contributed by atoms with E-state index in [4.69, 9.17) is 0 Å². The molecule has 130 valence electrons. The van der Waals surface area contributed by atoms with Crippen molar-refractivity contribution in [2.24, 2.45) is 22.9 Å². The van der Waals surface area contributed by atoms with Crippen molar-refractivity contribution in [2.75, 3.05) is 0 Å². The zero-order valence-corrected chi connectivity index (χ0v) is 14.3. The zero-order valence-electron chi connectivity index (χ0n) is 14.3. The third-order valence-electron chi connectivity index (χ3n) is 6.41. The minimum absolute atomic E-state index is 0.0230. The van der Waals surface area contributed by atoms with Gasteiger partial charge in [-0.1, -0.05) is 18.2 Å². The Morgan fingerprint density at radius 2 is 1.80 bits per heavy atom. The summed E-state index contributed by atoms with van der Waals surface area (Å²) in [5, 5.41) is 8.53. The molecule has 25 heavy (non-hydrogen) atoms. The molecule has 2 aromatic rings. The van der Waals surface area contributed by atoms with Crippen molar-refractivity contribution < 1.29 is 4.79 Å². The van der Waals surface area contributed by atoms with Gasteiger partial charge in [0, 0.05) is 28.2 Å². The lowest BCUT2D eigenvalue weighted by atomic mass is 9.53. The molecule has 4 saturated carbocycles. The van der Waals surface area contributed by atoms with Crippen molar-refractivity contribution in [1.29, 1.82) is 0 Å². The van der Waals surface area contributed by atoms with Gasteiger partial charge in [0.2, 0.25) is 0 Å². The van der Waals surface area contributed by atoms with Crippen molar-refractivity contribution in [3.05, 3.63) is 36.0 Å². The molecule has 0 aliphatic heterocycles. The number of hydrazone groups is 1. The Balaban J connectivity index is 1.24. The van der Waals surface area contributed by atoms with E-state index >= 15 is 0 Å². The molecule has 0 spiro atoms. The van der Waals surface area contributed by atoms with E-state index < -0.39 is 0 Å². The number of aromatic amines is 1. The topological polar surface area (TPSA) is 69.3 Å². The molecule has 4 aliphatic carbocycles. The number of carbonyl (C=O) groups is 1. The van der Waals surface area contributed by atoms with Crippen LogP contribution in [0.3, 0.4) is 0 Å². The number of nitrogens with zero attached hydrogens (tertiary/aromatic N) is 1. The van der Waals surface area contributed by atoms with Crippen molar-refractivity contribution in [3.8, 4) is 0 Å². The van der Waals surface area contributed by atoms with Gasteiger partial charge in [-0.3, -0.25) is 0 Å². The zero-order chi connectivity index (χ0) is 16.9. The largest absolute Gasteiger partial charge is 0.361 e. The van der Waals surface area contributed by atoms with Crippen LogP contribution in [-0.4, -0.2) is 22.8 Å². The highest BCUT2D eigenvalue weighted by atomic mass is 16.2. The molecule has 1 heterocycles. The second kappa shape index (κ2) is 5.61. The summed E-state index contributed by atoms with van der Waals surface area (Å²) in [5.41, 5.74) is 4.74. The van der Waals surface area contributed by atoms with E-state index in [-0.39, 0.29) is 11.6 Å². The van der Waals surface area contributed by atoms with Gasteiger partial charge in [0.1, 0.15) is 0 Å². The first kappa shape index (κ1) is 15.0. The molecular formula is C20H24N4O. The highest BCUT2D eigenvalue weighted by Crippen LogP contribution is 2.55. The fourth-order valence-corrected chi connectivity index (χ4v) is 5.89. The molecule has 1 aromatic carbocycles. The number of hydrogen-bond acceptors (Lipinski definition) is 2. The summed E-state index contributed by atoms with van der Waals surface area (Å²) < 4.78 is 0. The van der Waals surface area contributed by atoms with Gasteiger partial charge in [-0.05, 0) is 62.3 Å². The highest BCUT2D eigenvalue weighted by Gasteiger charge is 2.51. The maximum Gasteiger partial charge on any atom is 0.335 e. The molecule has 3 N–H and O–H groups in total. The summed E-state index contributed by atoms with van der Waals surface area (Å²) in [4.78, 5) is 15.6. The Bertz CT molecular complexity index is 802. The number of nitrogens with one attached hydrogen (secondary N) is 3. The normalized spacial score (nSPS) is 33.2. The molecule has 0 atom stereocenters. The fraction of sp³-hybridized carbons (Fsp3) is 0.500. The smallest absolute Gasteiger partial charge is 0.335 e. The lowest BCUT2D eigenvalue weighted by molar-refractivity contribution is -0.0135. The number of urea groups is 1. The van der Waals surface area contributed by atoms with Gasteiger partial charge in [-0.15, -0.1) is 0 Å². The van der Waals surface area contributed by atoms with Crippen LogP contribution in [0, 0.1) is 17.8 Å². The van der Waals surface area contributed by atoms with Crippen LogP contribution in [0.2, 0.25) is 0 Å². The third kappa shape index (κ3) is 2.71. The second-order valence-corrected chi connectivity index (χ2v) is 8.31.